The quantitative estimate of drug-likeness (QED) is 0.794. The highest BCUT2D eigenvalue weighted by atomic mass is 32.2. The van der Waals surface area contributed by atoms with E-state index in [4.69, 9.17) is 0 Å². The summed E-state index contributed by atoms with van der Waals surface area (Å²) in [4.78, 5) is 3.73. The second kappa shape index (κ2) is 8.62. The summed E-state index contributed by atoms with van der Waals surface area (Å²) in [7, 11) is -3.52. The van der Waals surface area contributed by atoms with Gasteiger partial charge < -0.3 is 14.5 Å². The standard InChI is InChI=1S/C19H23FN3O2S/c20-18-8-6-17(7-9-18)16-26(24,25)21-10-11-22-12-14-23(15-13-22)19-4-2-1-3-5-19/h1-9H,10-16H2/q-1/p+1. The number of halogens is 1. The van der Waals surface area contributed by atoms with Crippen molar-refractivity contribution < 1.29 is 17.7 Å². The minimum atomic E-state index is -3.52. The molecule has 0 amide bonds. The number of para-hydroxylation sites is 1. The second-order valence-electron chi connectivity index (χ2n) is 6.53. The Bertz CT molecular complexity index is 789. The molecule has 26 heavy (non-hydrogen) atoms. The molecule has 0 unspecified atom stereocenters. The molecule has 2 aromatic carbocycles. The highest BCUT2D eigenvalue weighted by molar-refractivity contribution is 7.93. The van der Waals surface area contributed by atoms with Gasteiger partial charge in [0.05, 0.1) is 48.5 Å². The van der Waals surface area contributed by atoms with Crippen molar-refractivity contribution in [1.82, 2.24) is 0 Å². The van der Waals surface area contributed by atoms with Gasteiger partial charge in [-0.1, -0.05) is 36.9 Å². The first-order chi connectivity index (χ1) is 12.5. The summed E-state index contributed by atoms with van der Waals surface area (Å²) < 4.78 is 40.9. The van der Waals surface area contributed by atoms with Crippen molar-refractivity contribution in [2.24, 2.45) is 0 Å². The average molecular weight is 377 g/mol. The van der Waals surface area contributed by atoms with E-state index in [9.17, 15) is 12.8 Å². The first kappa shape index (κ1) is 18.8. The van der Waals surface area contributed by atoms with E-state index in [1.807, 2.05) is 18.2 Å². The molecule has 140 valence electrons. The zero-order chi connectivity index (χ0) is 18.4. The van der Waals surface area contributed by atoms with Gasteiger partial charge in [-0.3, -0.25) is 0 Å². The Labute approximate surface area is 154 Å². The first-order valence-corrected chi connectivity index (χ1v) is 10.4. The summed E-state index contributed by atoms with van der Waals surface area (Å²) in [5.74, 6) is -0.550. The summed E-state index contributed by atoms with van der Waals surface area (Å²) in [6.45, 7) is 4.88. The Hall–Kier alpha value is -1.96. The number of benzene rings is 2. The van der Waals surface area contributed by atoms with Gasteiger partial charge in [-0.05, 0) is 29.8 Å². The minimum Gasteiger partial charge on any atom is -0.544 e. The molecule has 1 saturated heterocycles. The van der Waals surface area contributed by atoms with E-state index in [0.29, 0.717) is 18.7 Å². The molecule has 2 aromatic rings. The van der Waals surface area contributed by atoms with Crippen LogP contribution in [0.25, 0.3) is 4.72 Å². The fourth-order valence-corrected chi connectivity index (χ4v) is 4.22. The van der Waals surface area contributed by atoms with Crippen LogP contribution < -0.4 is 9.80 Å². The van der Waals surface area contributed by atoms with Crippen LogP contribution in [0.4, 0.5) is 10.1 Å². The molecule has 5 nitrogen and oxygen atoms in total. The van der Waals surface area contributed by atoms with Crippen LogP contribution in [0.15, 0.2) is 54.6 Å². The SMILES string of the molecule is O=S(=O)(Cc1ccc(F)cc1)[N-]CC[NH+]1CCN(c2ccccc2)CC1. The smallest absolute Gasteiger partial charge is 0.123 e. The Kier molecular flexibility index (Phi) is 6.24. The lowest BCUT2D eigenvalue weighted by molar-refractivity contribution is -0.898. The van der Waals surface area contributed by atoms with Crippen molar-refractivity contribution in [3.63, 3.8) is 0 Å². The molecule has 3 rings (SSSR count). The molecule has 1 heterocycles. The number of quaternary nitrogens is 1. The molecular formula is C19H24FN3O2S. The summed E-state index contributed by atoms with van der Waals surface area (Å²) in [5, 5.41) is 0. The van der Waals surface area contributed by atoms with Crippen LogP contribution in [0.1, 0.15) is 5.56 Å². The molecule has 0 aromatic heterocycles. The number of piperazine rings is 1. The van der Waals surface area contributed by atoms with Gasteiger partial charge in [-0.25, -0.2) is 12.8 Å². The van der Waals surface area contributed by atoms with Crippen molar-refractivity contribution in [2.45, 2.75) is 5.75 Å². The lowest BCUT2D eigenvalue weighted by Gasteiger charge is -2.35. The summed E-state index contributed by atoms with van der Waals surface area (Å²) in [5.41, 5.74) is 1.79. The van der Waals surface area contributed by atoms with Gasteiger partial charge in [-0.15, -0.1) is 0 Å². The molecule has 0 radical (unpaired) electrons. The van der Waals surface area contributed by atoms with Gasteiger partial charge in [0.1, 0.15) is 5.82 Å². The van der Waals surface area contributed by atoms with Crippen LogP contribution in [0.2, 0.25) is 0 Å². The maximum absolute atomic E-state index is 12.9. The Morgan fingerprint density at radius 3 is 2.31 bits per heavy atom. The molecule has 1 aliphatic heterocycles. The van der Waals surface area contributed by atoms with Gasteiger partial charge in [0.2, 0.25) is 0 Å². The third-order valence-electron chi connectivity index (χ3n) is 4.61. The molecule has 7 heteroatoms. The van der Waals surface area contributed by atoms with Gasteiger partial charge in [-0.2, -0.15) is 0 Å². The third kappa shape index (κ3) is 5.52. The zero-order valence-electron chi connectivity index (χ0n) is 14.6. The molecule has 0 atom stereocenters. The maximum Gasteiger partial charge on any atom is 0.123 e. The molecule has 1 fully saturated rings. The van der Waals surface area contributed by atoms with E-state index in [2.05, 4.69) is 21.8 Å². The number of anilines is 1. The van der Waals surface area contributed by atoms with Gasteiger partial charge in [0.25, 0.3) is 0 Å². The number of nitrogens with one attached hydrogen (secondary N) is 1. The van der Waals surface area contributed by atoms with E-state index in [-0.39, 0.29) is 11.6 Å². The number of nitrogens with zero attached hydrogens (tertiary/aromatic N) is 2. The summed E-state index contributed by atoms with van der Waals surface area (Å²) >= 11 is 0. The predicted octanol–water partition coefficient (Wildman–Crippen LogP) is 1.43. The van der Waals surface area contributed by atoms with E-state index >= 15 is 0 Å². The molecule has 0 saturated carbocycles. The normalized spacial score (nSPS) is 16.0. The third-order valence-corrected chi connectivity index (χ3v) is 5.88. The molecule has 0 spiro atoms. The molecular weight excluding hydrogens is 353 g/mol. The van der Waals surface area contributed by atoms with Crippen molar-refractivity contribution in [3.05, 3.63) is 70.7 Å². The largest absolute Gasteiger partial charge is 0.544 e. The fraction of sp³-hybridized carbons (Fsp3) is 0.368. The average Bonchev–Trinajstić information content (AvgIpc) is 2.65. The van der Waals surface area contributed by atoms with Gasteiger partial charge in [0.15, 0.2) is 0 Å². The molecule has 1 N–H and O–H groups in total. The van der Waals surface area contributed by atoms with Crippen molar-refractivity contribution >= 4 is 15.7 Å². The van der Waals surface area contributed by atoms with Gasteiger partial charge >= 0.3 is 0 Å². The highest BCUT2D eigenvalue weighted by Crippen LogP contribution is 2.13. The first-order valence-electron chi connectivity index (χ1n) is 8.81. The van der Waals surface area contributed by atoms with E-state index < -0.39 is 10.0 Å². The van der Waals surface area contributed by atoms with Crippen LogP contribution in [0, 0.1) is 5.82 Å². The van der Waals surface area contributed by atoms with E-state index in [1.165, 1.54) is 34.9 Å². The van der Waals surface area contributed by atoms with Crippen molar-refractivity contribution in [1.29, 1.82) is 0 Å². The maximum atomic E-state index is 12.9. The van der Waals surface area contributed by atoms with Crippen LogP contribution in [0.5, 0.6) is 0 Å². The lowest BCUT2D eigenvalue weighted by Crippen LogP contribution is -3.15. The summed E-state index contributed by atoms with van der Waals surface area (Å²) in [6, 6.07) is 15.8. The van der Waals surface area contributed by atoms with Crippen molar-refractivity contribution in [2.75, 3.05) is 44.2 Å². The number of hydrogen-bond donors (Lipinski definition) is 1. The van der Waals surface area contributed by atoms with Crippen LogP contribution in [0.3, 0.4) is 0 Å². The zero-order valence-corrected chi connectivity index (χ0v) is 15.5. The second-order valence-corrected chi connectivity index (χ2v) is 8.24. The number of rotatable bonds is 7. The predicted molar refractivity (Wildman–Crippen MR) is 101 cm³/mol. The van der Waals surface area contributed by atoms with Crippen LogP contribution in [-0.2, 0) is 15.8 Å². The van der Waals surface area contributed by atoms with Gasteiger partial charge in [0, 0.05) is 5.69 Å². The minimum absolute atomic E-state index is 0.176. The topological polar surface area (TPSA) is 55.9 Å². The van der Waals surface area contributed by atoms with Crippen molar-refractivity contribution in [3.8, 4) is 0 Å². The van der Waals surface area contributed by atoms with Crippen LogP contribution in [-0.4, -0.2) is 47.7 Å². The molecule has 0 aliphatic carbocycles. The van der Waals surface area contributed by atoms with E-state index in [1.54, 1.807) is 0 Å². The van der Waals surface area contributed by atoms with E-state index in [0.717, 1.165) is 26.2 Å². The van der Waals surface area contributed by atoms with Crippen LogP contribution >= 0.6 is 0 Å². The number of sulfonamides is 1. The fourth-order valence-electron chi connectivity index (χ4n) is 3.15. The Morgan fingerprint density at radius 2 is 1.65 bits per heavy atom. The monoisotopic (exact) mass is 377 g/mol. The lowest BCUT2D eigenvalue weighted by atomic mass is 10.2. The highest BCUT2D eigenvalue weighted by Gasteiger charge is 2.18. The molecule has 1 aliphatic rings. The molecule has 0 bridgehead atoms. The summed E-state index contributed by atoms with van der Waals surface area (Å²) in [6.07, 6.45) is 0. The Balaban J connectivity index is 1.40. The number of hydrogen-bond acceptors (Lipinski definition) is 3. The Morgan fingerprint density at radius 1 is 1.00 bits per heavy atom.